The van der Waals surface area contributed by atoms with E-state index in [1.807, 2.05) is 6.07 Å². The first-order valence-electron chi connectivity index (χ1n) is 4.54. The van der Waals surface area contributed by atoms with E-state index in [1.165, 1.54) is 0 Å². The highest BCUT2D eigenvalue weighted by Gasteiger charge is 2.23. The molecule has 1 N–H and O–H groups in total. The van der Waals surface area contributed by atoms with Gasteiger partial charge in [-0.3, -0.25) is 4.98 Å². The first-order chi connectivity index (χ1) is 7.07. The third-order valence-corrected chi connectivity index (χ3v) is 1.86. The lowest BCUT2D eigenvalue weighted by Gasteiger charge is -2.09. The highest BCUT2D eigenvalue weighted by Crippen LogP contribution is 2.22. The van der Waals surface area contributed by atoms with E-state index in [2.05, 4.69) is 15.2 Å². The predicted molar refractivity (Wildman–Crippen MR) is 52.8 cm³/mol. The fourth-order valence-electron chi connectivity index (χ4n) is 1.08. The minimum Gasteiger partial charge on any atom is -0.418 e. The second-order valence-corrected chi connectivity index (χ2v) is 3.71. The van der Waals surface area contributed by atoms with Crippen LogP contribution in [-0.4, -0.2) is 20.3 Å². The SMILES string of the molecule is CC(C)(O)c1nnc(-c2cccnc2)o1. The molecule has 0 atom stereocenters. The molecule has 5 heteroatoms. The van der Waals surface area contributed by atoms with Crippen LogP contribution in [0.4, 0.5) is 0 Å². The van der Waals surface area contributed by atoms with Gasteiger partial charge in [0, 0.05) is 12.4 Å². The van der Waals surface area contributed by atoms with Crippen LogP contribution in [0.1, 0.15) is 19.7 Å². The van der Waals surface area contributed by atoms with Gasteiger partial charge in [0.15, 0.2) is 0 Å². The summed E-state index contributed by atoms with van der Waals surface area (Å²) in [7, 11) is 0. The van der Waals surface area contributed by atoms with Gasteiger partial charge in [0.1, 0.15) is 5.60 Å². The number of hydrogen-bond donors (Lipinski definition) is 1. The van der Waals surface area contributed by atoms with Gasteiger partial charge < -0.3 is 9.52 Å². The Balaban J connectivity index is 2.37. The van der Waals surface area contributed by atoms with Crippen molar-refractivity contribution in [1.82, 2.24) is 15.2 Å². The Morgan fingerprint density at radius 1 is 1.33 bits per heavy atom. The summed E-state index contributed by atoms with van der Waals surface area (Å²) in [6, 6.07) is 3.60. The Labute approximate surface area is 86.8 Å². The van der Waals surface area contributed by atoms with Crippen LogP contribution in [0.3, 0.4) is 0 Å². The van der Waals surface area contributed by atoms with Gasteiger partial charge in [-0.1, -0.05) is 0 Å². The van der Waals surface area contributed by atoms with Crippen molar-refractivity contribution in [2.75, 3.05) is 0 Å². The van der Waals surface area contributed by atoms with Gasteiger partial charge in [0.05, 0.1) is 5.56 Å². The van der Waals surface area contributed by atoms with Gasteiger partial charge >= 0.3 is 0 Å². The highest BCUT2D eigenvalue weighted by atomic mass is 16.4. The van der Waals surface area contributed by atoms with Gasteiger partial charge in [0.2, 0.25) is 11.8 Å². The molecular formula is C10H11N3O2. The van der Waals surface area contributed by atoms with Crippen molar-refractivity contribution in [3.05, 3.63) is 30.4 Å². The van der Waals surface area contributed by atoms with Crippen molar-refractivity contribution in [2.24, 2.45) is 0 Å². The number of pyridine rings is 1. The molecule has 0 bridgehead atoms. The molecule has 5 nitrogen and oxygen atoms in total. The summed E-state index contributed by atoms with van der Waals surface area (Å²) in [4.78, 5) is 3.94. The predicted octanol–water partition coefficient (Wildman–Crippen LogP) is 1.36. The van der Waals surface area contributed by atoms with E-state index in [-0.39, 0.29) is 5.89 Å². The molecule has 0 aromatic carbocycles. The van der Waals surface area contributed by atoms with Crippen LogP contribution in [-0.2, 0) is 5.60 Å². The molecule has 0 saturated heterocycles. The number of aliphatic hydroxyl groups is 1. The molecule has 0 aliphatic rings. The van der Waals surface area contributed by atoms with Crippen LogP contribution < -0.4 is 0 Å². The molecular weight excluding hydrogens is 194 g/mol. The van der Waals surface area contributed by atoms with Gasteiger partial charge in [-0.15, -0.1) is 10.2 Å². The summed E-state index contributed by atoms with van der Waals surface area (Å²) >= 11 is 0. The van der Waals surface area contributed by atoms with Crippen LogP contribution in [0.25, 0.3) is 11.5 Å². The van der Waals surface area contributed by atoms with Crippen molar-refractivity contribution in [2.45, 2.75) is 19.4 Å². The minimum absolute atomic E-state index is 0.196. The Morgan fingerprint density at radius 3 is 2.67 bits per heavy atom. The van der Waals surface area contributed by atoms with Gasteiger partial charge in [-0.2, -0.15) is 0 Å². The molecule has 78 valence electrons. The second-order valence-electron chi connectivity index (χ2n) is 3.71. The monoisotopic (exact) mass is 205 g/mol. The van der Waals surface area contributed by atoms with Crippen molar-refractivity contribution >= 4 is 0 Å². The smallest absolute Gasteiger partial charge is 0.249 e. The summed E-state index contributed by atoms with van der Waals surface area (Å²) in [5.41, 5.74) is -0.381. The average Bonchev–Trinajstić information content (AvgIpc) is 2.67. The van der Waals surface area contributed by atoms with Crippen LogP contribution >= 0.6 is 0 Å². The van der Waals surface area contributed by atoms with Crippen LogP contribution in [0.2, 0.25) is 0 Å². The van der Waals surface area contributed by atoms with Crippen molar-refractivity contribution in [3.63, 3.8) is 0 Å². The standard InChI is InChI=1S/C10H11N3O2/c1-10(2,14)9-13-12-8(15-9)7-4-3-5-11-6-7/h3-6,14H,1-2H3. The summed E-state index contributed by atoms with van der Waals surface area (Å²) in [5.74, 6) is 0.557. The molecule has 0 amide bonds. The van der Waals surface area contributed by atoms with Gasteiger partial charge in [-0.05, 0) is 26.0 Å². The largest absolute Gasteiger partial charge is 0.418 e. The molecule has 0 radical (unpaired) electrons. The fraction of sp³-hybridized carbons (Fsp3) is 0.300. The Kier molecular flexibility index (Phi) is 2.24. The third-order valence-electron chi connectivity index (χ3n) is 1.86. The molecule has 2 rings (SSSR count). The molecule has 0 fully saturated rings. The molecule has 0 aliphatic carbocycles. The van der Waals surface area contributed by atoms with Crippen LogP contribution in [0, 0.1) is 0 Å². The van der Waals surface area contributed by atoms with Crippen molar-refractivity contribution < 1.29 is 9.52 Å². The Bertz CT molecular complexity index is 445. The molecule has 2 heterocycles. The molecule has 0 aliphatic heterocycles. The van der Waals surface area contributed by atoms with E-state index in [4.69, 9.17) is 4.42 Å². The molecule has 0 saturated carbocycles. The highest BCUT2D eigenvalue weighted by molar-refractivity contribution is 5.49. The summed E-state index contributed by atoms with van der Waals surface area (Å²) in [5, 5.41) is 17.2. The molecule has 0 unspecified atom stereocenters. The maximum Gasteiger partial charge on any atom is 0.249 e. The number of nitrogens with zero attached hydrogens (tertiary/aromatic N) is 3. The zero-order valence-corrected chi connectivity index (χ0v) is 8.51. The molecule has 15 heavy (non-hydrogen) atoms. The zero-order valence-electron chi connectivity index (χ0n) is 8.51. The van der Waals surface area contributed by atoms with Gasteiger partial charge in [-0.25, -0.2) is 0 Å². The van der Waals surface area contributed by atoms with Crippen LogP contribution in [0.5, 0.6) is 0 Å². The molecule has 2 aromatic heterocycles. The topological polar surface area (TPSA) is 72.0 Å². The quantitative estimate of drug-likeness (QED) is 0.801. The maximum absolute atomic E-state index is 9.64. The lowest BCUT2D eigenvalue weighted by atomic mass is 10.1. The van der Waals surface area contributed by atoms with E-state index >= 15 is 0 Å². The lowest BCUT2D eigenvalue weighted by Crippen LogP contribution is -2.15. The van der Waals surface area contributed by atoms with Crippen LogP contribution in [0.15, 0.2) is 28.9 Å². The fourth-order valence-corrected chi connectivity index (χ4v) is 1.08. The zero-order chi connectivity index (χ0) is 10.9. The Morgan fingerprint density at radius 2 is 2.13 bits per heavy atom. The van der Waals surface area contributed by atoms with E-state index in [0.717, 1.165) is 5.56 Å². The normalized spacial score (nSPS) is 11.7. The van der Waals surface area contributed by atoms with E-state index in [1.54, 1.807) is 32.3 Å². The summed E-state index contributed by atoms with van der Waals surface area (Å²) in [6.45, 7) is 3.18. The van der Waals surface area contributed by atoms with E-state index in [0.29, 0.717) is 5.89 Å². The van der Waals surface area contributed by atoms with E-state index in [9.17, 15) is 5.11 Å². The average molecular weight is 205 g/mol. The first kappa shape index (κ1) is 9.79. The maximum atomic E-state index is 9.64. The second kappa shape index (κ2) is 3.43. The molecule has 2 aromatic rings. The summed E-state index contributed by atoms with van der Waals surface area (Å²) in [6.07, 6.45) is 3.29. The first-order valence-corrected chi connectivity index (χ1v) is 4.54. The van der Waals surface area contributed by atoms with Crippen molar-refractivity contribution in [3.8, 4) is 11.5 Å². The van der Waals surface area contributed by atoms with E-state index < -0.39 is 5.60 Å². The van der Waals surface area contributed by atoms with Gasteiger partial charge in [0.25, 0.3) is 0 Å². The number of rotatable bonds is 2. The third kappa shape index (κ3) is 2.02. The Hall–Kier alpha value is -1.75. The lowest BCUT2D eigenvalue weighted by molar-refractivity contribution is 0.0488. The van der Waals surface area contributed by atoms with Crippen molar-refractivity contribution in [1.29, 1.82) is 0 Å². The number of aromatic nitrogens is 3. The summed E-state index contributed by atoms with van der Waals surface area (Å²) < 4.78 is 5.32. The minimum atomic E-state index is -1.12. The molecule has 0 spiro atoms. The number of hydrogen-bond acceptors (Lipinski definition) is 5.